The predicted molar refractivity (Wildman–Crippen MR) is 96.6 cm³/mol. The molecule has 0 spiro atoms. The van der Waals surface area contributed by atoms with Crippen LogP contribution >= 0.6 is 0 Å². The molecule has 5 rings (SSSR count). The first kappa shape index (κ1) is 15.1. The van der Waals surface area contributed by atoms with E-state index in [1.807, 2.05) is 24.3 Å². The van der Waals surface area contributed by atoms with Gasteiger partial charge in [0.15, 0.2) is 5.82 Å². The minimum atomic E-state index is -0.164. The number of aromatic amines is 1. The van der Waals surface area contributed by atoms with Crippen LogP contribution in [0.25, 0.3) is 22.1 Å². The molecule has 5 heteroatoms. The minimum Gasteiger partial charge on any atom is -0.449 e. The molecule has 1 saturated carbocycles. The van der Waals surface area contributed by atoms with Gasteiger partial charge >= 0.3 is 0 Å². The van der Waals surface area contributed by atoms with E-state index in [0.29, 0.717) is 11.1 Å². The number of H-pyrrole nitrogens is 1. The van der Waals surface area contributed by atoms with Gasteiger partial charge < -0.3 is 14.3 Å². The number of nitrogens with zero attached hydrogens (tertiary/aromatic N) is 1. The van der Waals surface area contributed by atoms with Gasteiger partial charge in [-0.1, -0.05) is 25.0 Å². The molecule has 2 fully saturated rings. The van der Waals surface area contributed by atoms with Gasteiger partial charge in [0.05, 0.1) is 13.1 Å². The van der Waals surface area contributed by atoms with Gasteiger partial charge in [0, 0.05) is 11.3 Å². The quantitative estimate of drug-likeness (QED) is 0.753. The topological polar surface area (TPSA) is 63.3 Å². The van der Waals surface area contributed by atoms with Crippen molar-refractivity contribution in [3.63, 3.8) is 0 Å². The molecule has 0 bridgehead atoms. The normalized spacial score (nSPS) is 26.8. The van der Waals surface area contributed by atoms with Crippen molar-refractivity contribution < 1.29 is 9.32 Å². The molecule has 130 valence electrons. The number of likely N-dealkylation sites (tertiary alicyclic amines) is 1. The lowest BCUT2D eigenvalue weighted by atomic mass is 9.75. The van der Waals surface area contributed by atoms with Gasteiger partial charge in [-0.2, -0.15) is 0 Å². The fourth-order valence-electron chi connectivity index (χ4n) is 4.92. The molecule has 5 nitrogen and oxygen atoms in total. The van der Waals surface area contributed by atoms with Crippen LogP contribution < -0.4 is 10.5 Å². The lowest BCUT2D eigenvalue weighted by Crippen LogP contribution is -3.12. The Balaban J connectivity index is 1.45. The highest BCUT2D eigenvalue weighted by atomic mass is 16.3. The maximum Gasteiger partial charge on any atom is 0.294 e. The summed E-state index contributed by atoms with van der Waals surface area (Å²) in [6, 6.07) is 7.73. The van der Waals surface area contributed by atoms with Gasteiger partial charge in [-0.3, -0.25) is 4.79 Å². The number of nitrogens with one attached hydrogen (secondary N) is 2. The Bertz CT molecular complexity index is 974. The van der Waals surface area contributed by atoms with Crippen molar-refractivity contribution in [2.45, 2.75) is 38.6 Å². The first-order valence-corrected chi connectivity index (χ1v) is 9.52. The van der Waals surface area contributed by atoms with Crippen LogP contribution in [0, 0.1) is 11.8 Å². The number of hydrogen-bond donors (Lipinski definition) is 2. The second-order valence-corrected chi connectivity index (χ2v) is 7.76. The van der Waals surface area contributed by atoms with E-state index in [9.17, 15) is 4.79 Å². The Hall–Kier alpha value is -2.14. The van der Waals surface area contributed by atoms with Crippen molar-refractivity contribution in [2.75, 3.05) is 13.1 Å². The minimum absolute atomic E-state index is 0.164. The van der Waals surface area contributed by atoms with Crippen molar-refractivity contribution in [1.29, 1.82) is 0 Å². The van der Waals surface area contributed by atoms with E-state index in [1.165, 1.54) is 45.2 Å². The highest BCUT2D eigenvalue weighted by Gasteiger charge is 2.33. The molecular formula is C20H24N3O2+. The smallest absolute Gasteiger partial charge is 0.294 e. The maximum absolute atomic E-state index is 12.4. The first-order chi connectivity index (χ1) is 12.3. The molecule has 1 aliphatic carbocycles. The summed E-state index contributed by atoms with van der Waals surface area (Å²) in [5, 5.41) is 0.922. The molecular weight excluding hydrogens is 314 g/mol. The fraction of sp³-hybridized carbons (Fsp3) is 0.500. The van der Waals surface area contributed by atoms with E-state index < -0.39 is 0 Å². The van der Waals surface area contributed by atoms with Crippen molar-refractivity contribution in [3.8, 4) is 0 Å². The third-order valence-electron chi connectivity index (χ3n) is 6.18. The summed E-state index contributed by atoms with van der Waals surface area (Å²) >= 11 is 0. The zero-order valence-corrected chi connectivity index (χ0v) is 14.4. The number of furan rings is 1. The molecule has 2 N–H and O–H groups in total. The summed E-state index contributed by atoms with van der Waals surface area (Å²) in [5.41, 5.74) is 1.60. The molecule has 3 aromatic rings. The highest BCUT2D eigenvalue weighted by molar-refractivity contribution is 6.01. The molecule has 1 aliphatic heterocycles. The number of fused-ring (bicyclic) bond motifs is 4. The second-order valence-electron chi connectivity index (χ2n) is 7.76. The number of para-hydroxylation sites is 1. The average Bonchev–Trinajstić information content (AvgIpc) is 3.01. The lowest BCUT2D eigenvalue weighted by molar-refractivity contribution is -0.924. The number of hydrogen-bond acceptors (Lipinski definition) is 3. The SMILES string of the molecule is O=c1[nH]c(C[NH+]2CC[C@H]3CCCC[C@@H]3C2)nc2c1oc1ccccc12. The van der Waals surface area contributed by atoms with E-state index in [4.69, 9.17) is 9.40 Å². The number of benzene rings is 1. The third-order valence-corrected chi connectivity index (χ3v) is 6.18. The van der Waals surface area contributed by atoms with E-state index in [0.717, 1.165) is 35.2 Å². The van der Waals surface area contributed by atoms with Crippen LogP contribution in [0.3, 0.4) is 0 Å². The number of quaternary nitrogens is 1. The molecule has 2 aromatic heterocycles. The third kappa shape index (κ3) is 2.67. The summed E-state index contributed by atoms with van der Waals surface area (Å²) in [6.07, 6.45) is 6.91. The van der Waals surface area contributed by atoms with Gasteiger partial charge in [0.25, 0.3) is 5.56 Å². The Morgan fingerprint density at radius 2 is 2.00 bits per heavy atom. The molecule has 0 radical (unpaired) electrons. The van der Waals surface area contributed by atoms with E-state index in [-0.39, 0.29) is 5.56 Å². The Morgan fingerprint density at radius 3 is 2.92 bits per heavy atom. The van der Waals surface area contributed by atoms with Gasteiger partial charge in [-0.15, -0.1) is 0 Å². The fourth-order valence-corrected chi connectivity index (χ4v) is 4.92. The van der Waals surface area contributed by atoms with Gasteiger partial charge in [-0.05, 0) is 37.3 Å². The van der Waals surface area contributed by atoms with E-state index in [2.05, 4.69) is 4.98 Å². The van der Waals surface area contributed by atoms with Crippen molar-refractivity contribution in [3.05, 3.63) is 40.4 Å². The molecule has 3 atom stereocenters. The predicted octanol–water partition coefficient (Wildman–Crippen LogP) is 2.26. The number of piperidine rings is 1. The number of aromatic nitrogens is 2. The van der Waals surface area contributed by atoms with Crippen molar-refractivity contribution >= 4 is 22.1 Å². The average molecular weight is 338 g/mol. The van der Waals surface area contributed by atoms with E-state index >= 15 is 0 Å². The van der Waals surface area contributed by atoms with Gasteiger partial charge in [0.2, 0.25) is 5.58 Å². The standard InChI is InChI=1S/C20H23N3O2/c24-20-19-18(15-7-3-4-8-16(15)25-19)21-17(22-20)12-23-10-9-13-5-1-2-6-14(13)11-23/h3-4,7-8,13-14H,1-2,5-6,9-12H2,(H,21,22,24)/p+1/t13-,14-/m1/s1. The molecule has 3 heterocycles. The van der Waals surface area contributed by atoms with Gasteiger partial charge in [0.1, 0.15) is 17.6 Å². The van der Waals surface area contributed by atoms with Crippen molar-refractivity contribution in [2.24, 2.45) is 11.8 Å². The van der Waals surface area contributed by atoms with Crippen LogP contribution in [0.1, 0.15) is 37.9 Å². The van der Waals surface area contributed by atoms with Crippen LogP contribution in [-0.4, -0.2) is 23.1 Å². The van der Waals surface area contributed by atoms with Crippen molar-refractivity contribution in [1.82, 2.24) is 9.97 Å². The zero-order chi connectivity index (χ0) is 16.8. The zero-order valence-electron chi connectivity index (χ0n) is 14.4. The molecule has 25 heavy (non-hydrogen) atoms. The monoisotopic (exact) mass is 338 g/mol. The largest absolute Gasteiger partial charge is 0.449 e. The lowest BCUT2D eigenvalue weighted by Gasteiger charge is -2.38. The summed E-state index contributed by atoms with van der Waals surface area (Å²) in [4.78, 5) is 21.7. The van der Waals surface area contributed by atoms with Crippen LogP contribution in [0.4, 0.5) is 0 Å². The Labute approximate surface area is 146 Å². The van der Waals surface area contributed by atoms with E-state index in [1.54, 1.807) is 4.90 Å². The summed E-state index contributed by atoms with van der Waals surface area (Å²) in [7, 11) is 0. The summed E-state index contributed by atoms with van der Waals surface area (Å²) < 4.78 is 5.69. The second kappa shape index (κ2) is 5.99. The molecule has 1 aromatic carbocycles. The van der Waals surface area contributed by atoms with Crippen LogP contribution in [0.2, 0.25) is 0 Å². The molecule has 0 amide bonds. The Kier molecular flexibility index (Phi) is 3.63. The Morgan fingerprint density at radius 1 is 1.16 bits per heavy atom. The van der Waals surface area contributed by atoms with Gasteiger partial charge in [-0.25, -0.2) is 4.98 Å². The molecule has 1 saturated heterocycles. The summed E-state index contributed by atoms with van der Waals surface area (Å²) in [5.74, 6) is 2.58. The van der Waals surface area contributed by atoms with Crippen LogP contribution in [0.5, 0.6) is 0 Å². The maximum atomic E-state index is 12.4. The van der Waals surface area contributed by atoms with Crippen LogP contribution in [-0.2, 0) is 6.54 Å². The van der Waals surface area contributed by atoms with Crippen LogP contribution in [0.15, 0.2) is 33.5 Å². The first-order valence-electron chi connectivity index (χ1n) is 9.52. The molecule has 1 unspecified atom stereocenters. The number of rotatable bonds is 2. The molecule has 2 aliphatic rings. The highest BCUT2D eigenvalue weighted by Crippen LogP contribution is 2.32. The summed E-state index contributed by atoms with van der Waals surface area (Å²) in [6.45, 7) is 3.21.